The van der Waals surface area contributed by atoms with Crippen LogP contribution in [0.25, 0.3) is 0 Å². The lowest BCUT2D eigenvalue weighted by molar-refractivity contribution is 0.195. The standard InChI is InChI=1S/C21H23FN6O3S/c1-2-12-7-8-23-28-21(12)31-14-4-3-13(9-14)17-10-19(27-26-17)25-16-5-6-18-15(20(16)22)11-24-32(18,29)30/h5-8,10,13-14,24H,2-4,9,11H2,1H3,(H2,25,26,27)/t13-,14+/m0/s1. The fraction of sp³-hybridized carbons (Fsp3) is 0.381. The number of benzene rings is 1. The van der Waals surface area contributed by atoms with Crippen molar-refractivity contribution in [2.75, 3.05) is 5.32 Å². The van der Waals surface area contributed by atoms with Gasteiger partial charge in [-0.15, -0.1) is 5.10 Å². The maximum absolute atomic E-state index is 14.8. The number of rotatable bonds is 6. The van der Waals surface area contributed by atoms with E-state index in [0.29, 0.717) is 11.7 Å². The van der Waals surface area contributed by atoms with E-state index < -0.39 is 15.8 Å². The van der Waals surface area contributed by atoms with Crippen LogP contribution in [-0.4, -0.2) is 34.9 Å². The van der Waals surface area contributed by atoms with Crippen molar-refractivity contribution in [1.82, 2.24) is 25.1 Å². The van der Waals surface area contributed by atoms with Crippen molar-refractivity contribution in [1.29, 1.82) is 0 Å². The van der Waals surface area contributed by atoms with Gasteiger partial charge in [-0.3, -0.25) is 5.10 Å². The van der Waals surface area contributed by atoms with Crippen LogP contribution < -0.4 is 14.8 Å². The number of anilines is 2. The number of fused-ring (bicyclic) bond motifs is 1. The van der Waals surface area contributed by atoms with E-state index in [1.54, 1.807) is 6.20 Å². The summed E-state index contributed by atoms with van der Waals surface area (Å²) in [6.45, 7) is 2.00. The van der Waals surface area contributed by atoms with Gasteiger partial charge >= 0.3 is 0 Å². The molecular formula is C21H23FN6O3S. The Balaban J connectivity index is 1.26. The van der Waals surface area contributed by atoms with Crippen molar-refractivity contribution in [2.45, 2.75) is 56.1 Å². The molecule has 0 bridgehead atoms. The molecule has 1 aliphatic carbocycles. The average Bonchev–Trinajstić information content (AvgIpc) is 3.50. The molecule has 2 aliphatic rings. The summed E-state index contributed by atoms with van der Waals surface area (Å²) in [4.78, 5) is -0.0189. The van der Waals surface area contributed by atoms with E-state index in [0.717, 1.165) is 36.9 Å². The van der Waals surface area contributed by atoms with Gasteiger partial charge < -0.3 is 10.1 Å². The molecule has 3 aromatic rings. The van der Waals surface area contributed by atoms with Gasteiger partial charge in [0, 0.05) is 35.3 Å². The largest absolute Gasteiger partial charge is 0.473 e. The number of halogens is 1. The number of aromatic nitrogens is 4. The predicted molar refractivity (Wildman–Crippen MR) is 115 cm³/mol. The Bertz CT molecular complexity index is 1260. The minimum Gasteiger partial charge on any atom is -0.473 e. The van der Waals surface area contributed by atoms with E-state index in [1.165, 1.54) is 12.1 Å². The number of ether oxygens (including phenoxy) is 1. The highest BCUT2D eigenvalue weighted by Crippen LogP contribution is 2.37. The highest BCUT2D eigenvalue weighted by Gasteiger charge is 2.31. The van der Waals surface area contributed by atoms with Gasteiger partial charge in [0.05, 0.1) is 16.8 Å². The molecule has 0 unspecified atom stereocenters. The van der Waals surface area contributed by atoms with E-state index in [2.05, 4.69) is 37.4 Å². The molecule has 1 aromatic carbocycles. The first kappa shape index (κ1) is 20.8. The Morgan fingerprint density at radius 3 is 3.00 bits per heavy atom. The molecule has 1 fully saturated rings. The third-order valence-corrected chi connectivity index (χ3v) is 7.52. The van der Waals surface area contributed by atoms with Gasteiger partial charge in [0.25, 0.3) is 0 Å². The minimum absolute atomic E-state index is 0.0189. The van der Waals surface area contributed by atoms with Gasteiger partial charge in [-0.1, -0.05) is 6.92 Å². The molecule has 168 valence electrons. The zero-order valence-electron chi connectivity index (χ0n) is 17.4. The quantitative estimate of drug-likeness (QED) is 0.519. The molecule has 2 atom stereocenters. The number of nitrogens with one attached hydrogen (secondary N) is 3. The summed E-state index contributed by atoms with van der Waals surface area (Å²) in [5.74, 6) is 0.713. The van der Waals surface area contributed by atoms with Crippen molar-refractivity contribution >= 4 is 21.5 Å². The summed E-state index contributed by atoms with van der Waals surface area (Å²) < 4.78 is 47.0. The number of nitrogens with zero attached hydrogens (tertiary/aromatic N) is 3. The molecule has 3 N–H and O–H groups in total. The second kappa shape index (κ2) is 8.14. The molecule has 0 amide bonds. The van der Waals surface area contributed by atoms with Gasteiger partial charge in [0.1, 0.15) is 6.10 Å². The molecular weight excluding hydrogens is 435 g/mol. The monoisotopic (exact) mass is 458 g/mol. The summed E-state index contributed by atoms with van der Waals surface area (Å²) in [6.07, 6.45) is 5.19. The Morgan fingerprint density at radius 1 is 1.28 bits per heavy atom. The molecule has 9 nitrogen and oxygen atoms in total. The normalized spacial score (nSPS) is 21.4. The second-order valence-electron chi connectivity index (χ2n) is 8.03. The summed E-state index contributed by atoms with van der Waals surface area (Å²) in [5.41, 5.74) is 2.30. The van der Waals surface area contributed by atoms with E-state index >= 15 is 0 Å². The summed E-state index contributed by atoms with van der Waals surface area (Å²) in [5, 5.41) is 18.3. The average molecular weight is 459 g/mol. The lowest BCUT2D eigenvalue weighted by Gasteiger charge is -2.14. The maximum Gasteiger partial charge on any atom is 0.241 e. The Hall–Kier alpha value is -3.05. The summed E-state index contributed by atoms with van der Waals surface area (Å²) in [7, 11) is -3.62. The molecule has 11 heteroatoms. The van der Waals surface area contributed by atoms with Gasteiger partial charge in [-0.25, -0.2) is 17.5 Å². The van der Waals surface area contributed by atoms with Crippen LogP contribution in [0.5, 0.6) is 5.88 Å². The lowest BCUT2D eigenvalue weighted by atomic mass is 10.0. The third-order valence-electron chi connectivity index (χ3n) is 6.04. The second-order valence-corrected chi connectivity index (χ2v) is 9.76. The number of hydrogen-bond acceptors (Lipinski definition) is 7. The van der Waals surface area contributed by atoms with Crippen LogP contribution in [0.15, 0.2) is 35.4 Å². The van der Waals surface area contributed by atoms with Crippen LogP contribution in [0.1, 0.15) is 48.9 Å². The molecule has 32 heavy (non-hydrogen) atoms. The Kier molecular flexibility index (Phi) is 5.30. The van der Waals surface area contributed by atoms with Crippen molar-refractivity contribution in [2.24, 2.45) is 0 Å². The zero-order valence-corrected chi connectivity index (χ0v) is 18.2. The predicted octanol–water partition coefficient (Wildman–Crippen LogP) is 3.15. The fourth-order valence-corrected chi connectivity index (χ4v) is 5.53. The van der Waals surface area contributed by atoms with Crippen LogP contribution >= 0.6 is 0 Å². The molecule has 5 rings (SSSR count). The molecule has 1 aliphatic heterocycles. The maximum atomic E-state index is 14.8. The van der Waals surface area contributed by atoms with Crippen molar-refractivity contribution < 1.29 is 17.5 Å². The van der Waals surface area contributed by atoms with Gasteiger partial charge in [-0.05, 0) is 43.9 Å². The number of aromatic amines is 1. The molecule has 2 aromatic heterocycles. The third kappa shape index (κ3) is 3.82. The minimum atomic E-state index is -3.62. The number of H-pyrrole nitrogens is 1. The van der Waals surface area contributed by atoms with Gasteiger partial charge in [0.2, 0.25) is 15.9 Å². The molecule has 1 saturated carbocycles. The molecule has 0 spiro atoms. The van der Waals surface area contributed by atoms with E-state index in [1.807, 2.05) is 12.1 Å². The van der Waals surface area contributed by atoms with Crippen molar-refractivity contribution in [3.05, 3.63) is 53.1 Å². The lowest BCUT2D eigenvalue weighted by Crippen LogP contribution is -2.14. The zero-order chi connectivity index (χ0) is 22.3. The number of aryl methyl sites for hydroxylation is 1. The molecule has 0 radical (unpaired) electrons. The summed E-state index contributed by atoms with van der Waals surface area (Å²) in [6, 6.07) is 6.60. The molecule has 0 saturated heterocycles. The van der Waals surface area contributed by atoms with Crippen LogP contribution in [0.2, 0.25) is 0 Å². The van der Waals surface area contributed by atoms with Crippen molar-refractivity contribution in [3.63, 3.8) is 0 Å². The van der Waals surface area contributed by atoms with Gasteiger partial charge in [-0.2, -0.15) is 10.2 Å². The number of sulfonamides is 1. The van der Waals surface area contributed by atoms with Crippen molar-refractivity contribution in [3.8, 4) is 5.88 Å². The van der Waals surface area contributed by atoms with E-state index in [4.69, 9.17) is 4.74 Å². The van der Waals surface area contributed by atoms with E-state index in [-0.39, 0.29) is 34.7 Å². The Labute approximate surface area is 184 Å². The highest BCUT2D eigenvalue weighted by molar-refractivity contribution is 7.89. The van der Waals surface area contributed by atoms with Crippen LogP contribution in [0.3, 0.4) is 0 Å². The Morgan fingerprint density at radius 2 is 2.16 bits per heavy atom. The van der Waals surface area contributed by atoms with Crippen LogP contribution in [0, 0.1) is 5.82 Å². The first-order valence-electron chi connectivity index (χ1n) is 10.5. The first-order valence-corrected chi connectivity index (χ1v) is 12.0. The number of hydrogen-bond donors (Lipinski definition) is 3. The topological polar surface area (TPSA) is 122 Å². The van der Waals surface area contributed by atoms with Crippen LogP contribution in [0.4, 0.5) is 15.9 Å². The van der Waals surface area contributed by atoms with E-state index in [9.17, 15) is 12.8 Å². The molecule has 3 heterocycles. The smallest absolute Gasteiger partial charge is 0.241 e. The highest BCUT2D eigenvalue weighted by atomic mass is 32.2. The fourth-order valence-electron chi connectivity index (χ4n) is 4.31. The SMILES string of the molecule is CCc1ccnnc1O[C@@H]1CC[C@H](c2cc(Nc3ccc4c(c3F)CNS4(=O)=O)n[nH]2)C1. The van der Waals surface area contributed by atoms with Crippen LogP contribution in [-0.2, 0) is 23.0 Å². The first-order chi connectivity index (χ1) is 15.4. The van der Waals surface area contributed by atoms with Gasteiger partial charge in [0.15, 0.2) is 11.6 Å². The summed E-state index contributed by atoms with van der Waals surface area (Å²) >= 11 is 0.